The van der Waals surface area contributed by atoms with Crippen molar-refractivity contribution in [1.82, 2.24) is 14.7 Å². The lowest BCUT2D eigenvalue weighted by Gasteiger charge is -2.20. The highest BCUT2D eigenvalue weighted by atomic mass is 16.4. The number of nitrogens with one attached hydrogen (secondary N) is 1. The maximum atomic E-state index is 12.4. The molecule has 25 heavy (non-hydrogen) atoms. The quantitative estimate of drug-likeness (QED) is 0.898. The molecule has 2 N–H and O–H groups in total. The second-order valence-corrected chi connectivity index (χ2v) is 6.93. The van der Waals surface area contributed by atoms with E-state index >= 15 is 0 Å². The second-order valence-electron chi connectivity index (χ2n) is 6.93. The summed E-state index contributed by atoms with van der Waals surface area (Å²) in [4.78, 5) is 25.2. The summed E-state index contributed by atoms with van der Waals surface area (Å²) in [7, 11) is 0. The number of nitrogens with zero attached hydrogens (tertiary/aromatic N) is 3. The number of carboxylic acids is 1. The van der Waals surface area contributed by atoms with Gasteiger partial charge < -0.3 is 15.3 Å². The first-order valence-corrected chi connectivity index (χ1v) is 8.20. The van der Waals surface area contributed by atoms with Gasteiger partial charge in [0.1, 0.15) is 0 Å². The zero-order chi connectivity index (χ0) is 18.2. The van der Waals surface area contributed by atoms with Crippen molar-refractivity contribution in [3.8, 4) is 5.69 Å². The first kappa shape index (κ1) is 17.0. The molecule has 2 aromatic rings. The number of aromatic nitrogens is 2. The summed E-state index contributed by atoms with van der Waals surface area (Å²) in [5, 5.41) is 16.4. The van der Waals surface area contributed by atoms with E-state index in [4.69, 9.17) is 0 Å². The zero-order valence-corrected chi connectivity index (χ0v) is 14.6. The standard InChI is InChI=1S/C18H22N4O3/c1-12-4-5-15(13(2)8-12)22-10-14(9-19-22)20-17(25)21-7-6-18(3,11-21)16(23)24/h4-5,8-10H,6-7,11H2,1-3H3,(H,20,25)(H,23,24). The second kappa shape index (κ2) is 6.23. The largest absolute Gasteiger partial charge is 0.481 e. The number of urea groups is 1. The van der Waals surface area contributed by atoms with E-state index in [-0.39, 0.29) is 12.6 Å². The highest BCUT2D eigenvalue weighted by molar-refractivity contribution is 5.90. The number of anilines is 1. The van der Waals surface area contributed by atoms with Gasteiger partial charge >= 0.3 is 12.0 Å². The van der Waals surface area contributed by atoms with Crippen molar-refractivity contribution in [2.45, 2.75) is 27.2 Å². The molecule has 132 valence electrons. The molecule has 1 atom stereocenters. The minimum Gasteiger partial charge on any atom is -0.481 e. The first-order valence-electron chi connectivity index (χ1n) is 8.20. The Bertz CT molecular complexity index is 829. The monoisotopic (exact) mass is 342 g/mol. The molecule has 2 amide bonds. The van der Waals surface area contributed by atoms with Crippen LogP contribution in [-0.4, -0.2) is 44.9 Å². The molecule has 1 unspecified atom stereocenters. The normalized spacial score (nSPS) is 19.9. The Hall–Kier alpha value is -2.83. The van der Waals surface area contributed by atoms with E-state index < -0.39 is 11.4 Å². The number of carboxylic acid groups (broad SMARTS) is 1. The van der Waals surface area contributed by atoms with Gasteiger partial charge in [0.25, 0.3) is 0 Å². The van der Waals surface area contributed by atoms with Crippen LogP contribution in [0.5, 0.6) is 0 Å². The number of aliphatic carboxylic acids is 1. The Kier molecular flexibility index (Phi) is 4.24. The summed E-state index contributed by atoms with van der Waals surface area (Å²) < 4.78 is 1.72. The predicted octanol–water partition coefficient (Wildman–Crippen LogP) is 2.82. The minimum atomic E-state index is -0.874. The lowest BCUT2D eigenvalue weighted by atomic mass is 9.90. The van der Waals surface area contributed by atoms with Crippen LogP contribution in [0.2, 0.25) is 0 Å². The van der Waals surface area contributed by atoms with Gasteiger partial charge in [-0.05, 0) is 38.8 Å². The van der Waals surface area contributed by atoms with Crippen LogP contribution in [0.1, 0.15) is 24.5 Å². The molecule has 2 heterocycles. The maximum Gasteiger partial charge on any atom is 0.321 e. The molecule has 0 bridgehead atoms. The fourth-order valence-electron chi connectivity index (χ4n) is 3.09. The number of aryl methyl sites for hydroxylation is 2. The summed E-state index contributed by atoms with van der Waals surface area (Å²) in [5.41, 5.74) is 2.93. The van der Waals surface area contributed by atoms with Crippen LogP contribution in [0.3, 0.4) is 0 Å². The third-order valence-electron chi connectivity index (χ3n) is 4.71. The molecule has 7 heteroatoms. The lowest BCUT2D eigenvalue weighted by molar-refractivity contribution is -0.146. The first-order chi connectivity index (χ1) is 11.8. The van der Waals surface area contributed by atoms with Gasteiger partial charge in [0, 0.05) is 13.1 Å². The van der Waals surface area contributed by atoms with Gasteiger partial charge in [0.05, 0.1) is 29.2 Å². The van der Waals surface area contributed by atoms with Crippen molar-refractivity contribution in [2.75, 3.05) is 18.4 Å². The number of carbonyl (C=O) groups is 2. The van der Waals surface area contributed by atoms with E-state index in [1.165, 1.54) is 10.5 Å². The fourth-order valence-corrected chi connectivity index (χ4v) is 3.09. The molecule has 1 aliphatic heterocycles. The maximum absolute atomic E-state index is 12.4. The molecule has 0 saturated carbocycles. The molecule has 0 radical (unpaired) electrons. The molecular formula is C18H22N4O3. The molecule has 7 nitrogen and oxygen atoms in total. The third-order valence-corrected chi connectivity index (χ3v) is 4.71. The third kappa shape index (κ3) is 3.35. The Morgan fingerprint density at radius 1 is 1.32 bits per heavy atom. The zero-order valence-electron chi connectivity index (χ0n) is 14.6. The molecule has 0 aliphatic carbocycles. The van der Waals surface area contributed by atoms with Crippen molar-refractivity contribution in [3.05, 3.63) is 41.7 Å². The highest BCUT2D eigenvalue weighted by Crippen LogP contribution is 2.30. The molecule has 1 aromatic heterocycles. The van der Waals surface area contributed by atoms with Crippen LogP contribution >= 0.6 is 0 Å². The number of hydrogen-bond acceptors (Lipinski definition) is 3. The van der Waals surface area contributed by atoms with Crippen LogP contribution in [0.15, 0.2) is 30.6 Å². The van der Waals surface area contributed by atoms with E-state index in [9.17, 15) is 14.7 Å². The number of benzene rings is 1. The van der Waals surface area contributed by atoms with Gasteiger partial charge in [-0.15, -0.1) is 0 Å². The summed E-state index contributed by atoms with van der Waals surface area (Å²) in [6, 6.07) is 5.78. The molecule has 1 aliphatic rings. The molecule has 1 aromatic carbocycles. The molecular weight excluding hydrogens is 320 g/mol. The molecule has 0 spiro atoms. The van der Waals surface area contributed by atoms with Crippen molar-refractivity contribution in [3.63, 3.8) is 0 Å². The Labute approximate surface area is 146 Å². The predicted molar refractivity (Wildman–Crippen MR) is 94.0 cm³/mol. The number of amides is 2. The van der Waals surface area contributed by atoms with Crippen molar-refractivity contribution >= 4 is 17.7 Å². The van der Waals surface area contributed by atoms with Gasteiger partial charge in [0.15, 0.2) is 0 Å². The highest BCUT2D eigenvalue weighted by Gasteiger charge is 2.42. The number of rotatable bonds is 3. The summed E-state index contributed by atoms with van der Waals surface area (Å²) in [5.74, 6) is -0.870. The smallest absolute Gasteiger partial charge is 0.321 e. The van der Waals surface area contributed by atoms with E-state index in [0.29, 0.717) is 18.7 Å². The molecule has 1 fully saturated rings. The molecule has 1 saturated heterocycles. The number of likely N-dealkylation sites (tertiary alicyclic amines) is 1. The Balaban J connectivity index is 1.70. The summed E-state index contributed by atoms with van der Waals surface area (Å²) >= 11 is 0. The van der Waals surface area contributed by atoms with E-state index in [0.717, 1.165) is 11.3 Å². The van der Waals surface area contributed by atoms with Crippen molar-refractivity contribution < 1.29 is 14.7 Å². The van der Waals surface area contributed by atoms with Gasteiger partial charge in [0.2, 0.25) is 0 Å². The average molecular weight is 342 g/mol. The SMILES string of the molecule is Cc1ccc(-n2cc(NC(=O)N3CCC(C)(C(=O)O)C3)cn2)c(C)c1. The fraction of sp³-hybridized carbons (Fsp3) is 0.389. The number of carbonyl (C=O) groups excluding carboxylic acids is 1. The number of hydrogen-bond donors (Lipinski definition) is 2. The van der Waals surface area contributed by atoms with Crippen LogP contribution in [0.25, 0.3) is 5.69 Å². The van der Waals surface area contributed by atoms with E-state index in [2.05, 4.69) is 16.5 Å². The van der Waals surface area contributed by atoms with Crippen molar-refractivity contribution in [2.24, 2.45) is 5.41 Å². The van der Waals surface area contributed by atoms with Crippen LogP contribution in [0, 0.1) is 19.3 Å². The summed E-state index contributed by atoms with van der Waals surface area (Å²) in [6.07, 6.45) is 3.79. The molecule has 3 rings (SSSR count). The van der Waals surface area contributed by atoms with E-state index in [1.807, 2.05) is 26.0 Å². The van der Waals surface area contributed by atoms with E-state index in [1.54, 1.807) is 24.0 Å². The van der Waals surface area contributed by atoms with Crippen LogP contribution in [-0.2, 0) is 4.79 Å². The Morgan fingerprint density at radius 3 is 2.72 bits per heavy atom. The average Bonchev–Trinajstić information content (AvgIpc) is 3.15. The van der Waals surface area contributed by atoms with Gasteiger partial charge in [-0.3, -0.25) is 4.79 Å². The summed E-state index contributed by atoms with van der Waals surface area (Å²) in [6.45, 7) is 6.35. The minimum absolute atomic E-state index is 0.208. The van der Waals surface area contributed by atoms with Crippen LogP contribution in [0.4, 0.5) is 10.5 Å². The van der Waals surface area contributed by atoms with Gasteiger partial charge in [-0.1, -0.05) is 17.7 Å². The van der Waals surface area contributed by atoms with Crippen molar-refractivity contribution in [1.29, 1.82) is 0 Å². The topological polar surface area (TPSA) is 87.5 Å². The lowest BCUT2D eigenvalue weighted by Crippen LogP contribution is -2.37. The van der Waals surface area contributed by atoms with Gasteiger partial charge in [-0.2, -0.15) is 5.10 Å². The van der Waals surface area contributed by atoms with Gasteiger partial charge in [-0.25, -0.2) is 9.48 Å². The van der Waals surface area contributed by atoms with Crippen LogP contribution < -0.4 is 5.32 Å². The Morgan fingerprint density at radius 2 is 2.08 bits per heavy atom.